The Labute approximate surface area is 105 Å². The van der Waals surface area contributed by atoms with Gasteiger partial charge in [-0.2, -0.15) is 0 Å². The minimum absolute atomic E-state index is 0.107. The van der Waals surface area contributed by atoms with Crippen LogP contribution in [0, 0.1) is 12.7 Å². The van der Waals surface area contributed by atoms with Crippen molar-refractivity contribution in [1.82, 2.24) is 5.32 Å². The van der Waals surface area contributed by atoms with Crippen molar-refractivity contribution in [3.8, 4) is 0 Å². The number of carbonyl (C=O) groups excluding carboxylic acids is 1. The van der Waals surface area contributed by atoms with Crippen molar-refractivity contribution in [1.29, 1.82) is 0 Å². The van der Waals surface area contributed by atoms with Crippen LogP contribution in [0.1, 0.15) is 15.9 Å². The van der Waals surface area contributed by atoms with Crippen LogP contribution in [0.4, 0.5) is 4.39 Å². The van der Waals surface area contributed by atoms with Gasteiger partial charge in [-0.1, -0.05) is 0 Å². The molecule has 1 N–H and O–H groups in total. The van der Waals surface area contributed by atoms with Crippen LogP contribution in [0.25, 0.3) is 0 Å². The number of nitrogens with one attached hydrogen (secondary N) is 1. The number of carbonyl (C=O) groups is 1. The van der Waals surface area contributed by atoms with Gasteiger partial charge < -0.3 is 14.8 Å². The third-order valence-electron chi connectivity index (χ3n) is 2.80. The van der Waals surface area contributed by atoms with Gasteiger partial charge in [-0.25, -0.2) is 4.39 Å². The Morgan fingerprint density at radius 3 is 3.00 bits per heavy atom. The minimum atomic E-state index is -0.310. The van der Waals surface area contributed by atoms with Crippen LogP contribution in [0.5, 0.6) is 0 Å². The van der Waals surface area contributed by atoms with E-state index in [-0.39, 0.29) is 17.8 Å². The van der Waals surface area contributed by atoms with E-state index in [2.05, 4.69) is 5.32 Å². The van der Waals surface area contributed by atoms with E-state index in [9.17, 15) is 9.18 Å². The van der Waals surface area contributed by atoms with Crippen LogP contribution in [-0.4, -0.2) is 38.4 Å². The Hall–Kier alpha value is -1.46. The third-order valence-corrected chi connectivity index (χ3v) is 2.80. The molecule has 0 radical (unpaired) electrons. The molecular formula is C13H16FNO3. The third kappa shape index (κ3) is 3.27. The lowest BCUT2D eigenvalue weighted by Crippen LogP contribution is -2.39. The van der Waals surface area contributed by atoms with Crippen molar-refractivity contribution in [2.75, 3.05) is 26.4 Å². The second kappa shape index (κ2) is 5.93. The van der Waals surface area contributed by atoms with Crippen molar-refractivity contribution in [2.45, 2.75) is 13.0 Å². The van der Waals surface area contributed by atoms with Crippen LogP contribution < -0.4 is 5.32 Å². The summed E-state index contributed by atoms with van der Waals surface area (Å²) < 4.78 is 23.7. The van der Waals surface area contributed by atoms with Crippen LogP contribution >= 0.6 is 0 Å². The molecule has 1 aromatic rings. The van der Waals surface area contributed by atoms with Crippen LogP contribution in [-0.2, 0) is 9.47 Å². The molecule has 1 aliphatic rings. The average molecular weight is 253 g/mol. The van der Waals surface area contributed by atoms with Gasteiger partial charge in [-0.3, -0.25) is 4.79 Å². The van der Waals surface area contributed by atoms with E-state index < -0.39 is 0 Å². The smallest absolute Gasteiger partial charge is 0.251 e. The predicted molar refractivity (Wildman–Crippen MR) is 64.0 cm³/mol. The number of ether oxygens (including phenoxy) is 2. The van der Waals surface area contributed by atoms with Crippen molar-refractivity contribution >= 4 is 5.91 Å². The fourth-order valence-corrected chi connectivity index (χ4v) is 1.75. The summed E-state index contributed by atoms with van der Waals surface area (Å²) in [5, 5.41) is 2.75. The van der Waals surface area contributed by atoms with Crippen molar-refractivity contribution < 1.29 is 18.7 Å². The zero-order chi connectivity index (χ0) is 13.0. The first-order valence-corrected chi connectivity index (χ1v) is 5.90. The number of hydrogen-bond acceptors (Lipinski definition) is 3. The van der Waals surface area contributed by atoms with Crippen molar-refractivity contribution in [2.24, 2.45) is 0 Å². The molecule has 0 saturated carbocycles. The summed E-state index contributed by atoms with van der Waals surface area (Å²) in [6.45, 7) is 3.67. The van der Waals surface area contributed by atoms with E-state index in [4.69, 9.17) is 9.47 Å². The molecule has 1 saturated heterocycles. The molecular weight excluding hydrogens is 237 g/mol. The Balaban J connectivity index is 1.88. The molecule has 0 aromatic heterocycles. The molecule has 0 bridgehead atoms. The first kappa shape index (κ1) is 13.0. The number of amides is 1. The van der Waals surface area contributed by atoms with Gasteiger partial charge >= 0.3 is 0 Å². The summed E-state index contributed by atoms with van der Waals surface area (Å²) in [7, 11) is 0. The highest BCUT2D eigenvalue weighted by atomic mass is 19.1. The molecule has 5 heteroatoms. The maximum absolute atomic E-state index is 13.1. The molecule has 1 aliphatic heterocycles. The largest absolute Gasteiger partial charge is 0.376 e. The Morgan fingerprint density at radius 1 is 1.50 bits per heavy atom. The molecule has 1 aromatic carbocycles. The summed E-state index contributed by atoms with van der Waals surface area (Å²) in [5.74, 6) is -0.539. The molecule has 1 atom stereocenters. The molecule has 0 spiro atoms. The maximum Gasteiger partial charge on any atom is 0.251 e. The Kier molecular flexibility index (Phi) is 4.28. The quantitative estimate of drug-likeness (QED) is 0.882. The van der Waals surface area contributed by atoms with E-state index in [0.717, 1.165) is 0 Å². The average Bonchev–Trinajstić information content (AvgIpc) is 2.40. The lowest BCUT2D eigenvalue weighted by Gasteiger charge is -2.23. The van der Waals surface area contributed by atoms with E-state index in [1.54, 1.807) is 6.92 Å². The molecule has 4 nitrogen and oxygen atoms in total. The van der Waals surface area contributed by atoms with Crippen LogP contribution in [0.15, 0.2) is 18.2 Å². The highest BCUT2D eigenvalue weighted by Crippen LogP contribution is 2.09. The Morgan fingerprint density at radius 2 is 2.33 bits per heavy atom. The van der Waals surface area contributed by atoms with E-state index in [1.165, 1.54) is 18.2 Å². The second-order valence-corrected chi connectivity index (χ2v) is 4.24. The zero-order valence-corrected chi connectivity index (χ0v) is 10.2. The van der Waals surface area contributed by atoms with E-state index in [0.29, 0.717) is 37.5 Å². The molecule has 2 rings (SSSR count). The molecule has 18 heavy (non-hydrogen) atoms. The highest BCUT2D eigenvalue weighted by molar-refractivity contribution is 5.94. The first-order valence-electron chi connectivity index (χ1n) is 5.90. The highest BCUT2D eigenvalue weighted by Gasteiger charge is 2.16. The summed E-state index contributed by atoms with van der Waals surface area (Å²) in [5.41, 5.74) is 0.908. The van der Waals surface area contributed by atoms with Gasteiger partial charge in [0.05, 0.1) is 25.9 Å². The lowest BCUT2D eigenvalue weighted by atomic mass is 10.1. The maximum atomic E-state index is 13.1. The molecule has 98 valence electrons. The topological polar surface area (TPSA) is 47.6 Å². The first-order chi connectivity index (χ1) is 8.66. The monoisotopic (exact) mass is 253 g/mol. The van der Waals surface area contributed by atoms with Gasteiger partial charge in [0.25, 0.3) is 5.91 Å². The lowest BCUT2D eigenvalue weighted by molar-refractivity contribution is -0.0855. The fourth-order valence-electron chi connectivity index (χ4n) is 1.75. The summed E-state index contributed by atoms with van der Waals surface area (Å²) in [6, 6.07) is 4.29. The minimum Gasteiger partial charge on any atom is -0.376 e. The van der Waals surface area contributed by atoms with E-state index in [1.807, 2.05) is 0 Å². The number of rotatable bonds is 3. The summed E-state index contributed by atoms with van der Waals surface area (Å²) in [6.07, 6.45) is -0.107. The van der Waals surface area contributed by atoms with Crippen LogP contribution in [0.2, 0.25) is 0 Å². The molecule has 1 unspecified atom stereocenters. The number of halogens is 1. The normalized spacial score (nSPS) is 19.6. The predicted octanol–water partition coefficient (Wildman–Crippen LogP) is 1.28. The second-order valence-electron chi connectivity index (χ2n) is 4.24. The van der Waals surface area contributed by atoms with Gasteiger partial charge in [0.1, 0.15) is 5.82 Å². The molecule has 1 amide bonds. The number of hydrogen-bond donors (Lipinski definition) is 1. The molecule has 1 fully saturated rings. The standard InChI is InChI=1S/C13H16FNO3/c1-9-6-10(2-3-12(9)14)13(16)15-7-11-8-17-4-5-18-11/h2-3,6,11H,4-5,7-8H2,1H3,(H,15,16). The van der Waals surface area contributed by atoms with Gasteiger partial charge in [0.2, 0.25) is 0 Å². The summed E-state index contributed by atoms with van der Waals surface area (Å²) in [4.78, 5) is 11.8. The number of benzene rings is 1. The molecule has 1 heterocycles. The zero-order valence-electron chi connectivity index (χ0n) is 10.2. The Bertz CT molecular complexity index is 430. The van der Waals surface area contributed by atoms with Crippen molar-refractivity contribution in [3.05, 3.63) is 35.1 Å². The van der Waals surface area contributed by atoms with Gasteiger partial charge in [-0.05, 0) is 30.7 Å². The van der Waals surface area contributed by atoms with Crippen molar-refractivity contribution in [3.63, 3.8) is 0 Å². The van der Waals surface area contributed by atoms with Gasteiger partial charge in [0.15, 0.2) is 0 Å². The number of aryl methyl sites for hydroxylation is 1. The van der Waals surface area contributed by atoms with Gasteiger partial charge in [0, 0.05) is 12.1 Å². The fraction of sp³-hybridized carbons (Fsp3) is 0.462. The van der Waals surface area contributed by atoms with E-state index >= 15 is 0 Å². The van der Waals surface area contributed by atoms with Gasteiger partial charge in [-0.15, -0.1) is 0 Å². The SMILES string of the molecule is Cc1cc(C(=O)NCC2COCCO2)ccc1F. The van der Waals surface area contributed by atoms with Crippen LogP contribution in [0.3, 0.4) is 0 Å². The molecule has 0 aliphatic carbocycles. The summed E-state index contributed by atoms with van der Waals surface area (Å²) >= 11 is 0.